The largest absolute Gasteiger partial charge is 0.299 e. The molecule has 0 bridgehead atoms. The van der Waals surface area contributed by atoms with Crippen LogP contribution in [0.2, 0.25) is 0 Å². The standard InChI is InChI=1S/C15H26O/c1-10(2)13-6-5-12(4)15(13)8-7-11(3)14(16)9-15/h10-13H,5-9H2,1-4H3/t11?,12-,13-,15+/m0/s1. The first kappa shape index (κ1) is 12.1. The zero-order valence-electron chi connectivity index (χ0n) is 11.3. The topological polar surface area (TPSA) is 17.1 Å². The van der Waals surface area contributed by atoms with E-state index in [9.17, 15) is 4.79 Å². The van der Waals surface area contributed by atoms with Crippen LogP contribution >= 0.6 is 0 Å². The summed E-state index contributed by atoms with van der Waals surface area (Å²) < 4.78 is 0. The molecule has 1 heteroatoms. The van der Waals surface area contributed by atoms with E-state index in [0.29, 0.717) is 17.1 Å². The predicted octanol–water partition coefficient (Wildman–Crippen LogP) is 4.06. The number of Topliss-reactive ketones (excluding diaryl/α,β-unsaturated/α-hetero) is 1. The van der Waals surface area contributed by atoms with Crippen molar-refractivity contribution in [1.82, 2.24) is 0 Å². The highest BCUT2D eigenvalue weighted by molar-refractivity contribution is 5.82. The molecule has 0 saturated heterocycles. The van der Waals surface area contributed by atoms with Crippen LogP contribution in [0, 0.1) is 29.1 Å². The monoisotopic (exact) mass is 222 g/mol. The summed E-state index contributed by atoms with van der Waals surface area (Å²) in [7, 11) is 0. The Morgan fingerprint density at radius 2 is 1.88 bits per heavy atom. The summed E-state index contributed by atoms with van der Waals surface area (Å²) in [5.41, 5.74) is 0.373. The normalized spacial score (nSPS) is 44.6. The molecular weight excluding hydrogens is 196 g/mol. The van der Waals surface area contributed by atoms with Crippen LogP contribution in [0.1, 0.15) is 59.8 Å². The van der Waals surface area contributed by atoms with Crippen molar-refractivity contribution in [1.29, 1.82) is 0 Å². The van der Waals surface area contributed by atoms with Crippen molar-refractivity contribution in [3.8, 4) is 0 Å². The average Bonchev–Trinajstić information content (AvgIpc) is 2.51. The van der Waals surface area contributed by atoms with Crippen LogP contribution in [0.3, 0.4) is 0 Å². The summed E-state index contributed by atoms with van der Waals surface area (Å²) in [4.78, 5) is 12.1. The van der Waals surface area contributed by atoms with Crippen LogP contribution < -0.4 is 0 Å². The minimum Gasteiger partial charge on any atom is -0.299 e. The van der Waals surface area contributed by atoms with Gasteiger partial charge in [0.1, 0.15) is 5.78 Å². The lowest BCUT2D eigenvalue weighted by Crippen LogP contribution is -2.41. The highest BCUT2D eigenvalue weighted by Crippen LogP contribution is 2.58. The lowest BCUT2D eigenvalue weighted by atomic mass is 9.59. The number of hydrogen-bond acceptors (Lipinski definition) is 1. The van der Waals surface area contributed by atoms with Crippen molar-refractivity contribution in [2.24, 2.45) is 29.1 Å². The lowest BCUT2D eigenvalue weighted by Gasteiger charge is -2.45. The molecule has 0 N–H and O–H groups in total. The summed E-state index contributed by atoms with van der Waals surface area (Å²) in [6.45, 7) is 9.17. The summed E-state index contributed by atoms with van der Waals surface area (Å²) in [6, 6.07) is 0. The maximum absolute atomic E-state index is 12.1. The fourth-order valence-corrected chi connectivity index (χ4v) is 4.34. The lowest BCUT2D eigenvalue weighted by molar-refractivity contribution is -0.131. The molecule has 2 fully saturated rings. The first-order valence-electron chi connectivity index (χ1n) is 7.00. The van der Waals surface area contributed by atoms with E-state index in [4.69, 9.17) is 0 Å². The van der Waals surface area contributed by atoms with Crippen LogP contribution in [0.5, 0.6) is 0 Å². The van der Waals surface area contributed by atoms with Crippen molar-refractivity contribution in [2.45, 2.75) is 59.8 Å². The molecule has 0 aromatic heterocycles. The maximum atomic E-state index is 12.1. The Hall–Kier alpha value is -0.330. The third-order valence-corrected chi connectivity index (χ3v) is 5.53. The van der Waals surface area contributed by atoms with E-state index in [1.54, 1.807) is 0 Å². The van der Waals surface area contributed by atoms with E-state index in [-0.39, 0.29) is 0 Å². The van der Waals surface area contributed by atoms with E-state index in [1.165, 1.54) is 19.3 Å². The molecule has 0 heterocycles. The summed E-state index contributed by atoms with van der Waals surface area (Å²) in [5, 5.41) is 0. The first-order chi connectivity index (χ1) is 7.47. The number of carbonyl (C=O) groups excluding carboxylic acids is 1. The Kier molecular flexibility index (Phi) is 3.16. The Labute approximate surface area is 100.0 Å². The van der Waals surface area contributed by atoms with Gasteiger partial charge in [0.25, 0.3) is 0 Å². The molecule has 2 saturated carbocycles. The highest BCUT2D eigenvalue weighted by Gasteiger charge is 2.51. The quantitative estimate of drug-likeness (QED) is 0.654. The Morgan fingerprint density at radius 3 is 2.44 bits per heavy atom. The number of carbonyl (C=O) groups is 1. The van der Waals surface area contributed by atoms with Crippen molar-refractivity contribution < 1.29 is 4.79 Å². The molecule has 2 rings (SSSR count). The molecule has 0 amide bonds. The second-order valence-corrected chi connectivity index (χ2v) is 6.64. The van der Waals surface area contributed by atoms with Gasteiger partial charge in [0.05, 0.1) is 0 Å². The molecule has 4 atom stereocenters. The van der Waals surface area contributed by atoms with Gasteiger partial charge in [-0.25, -0.2) is 0 Å². The van der Waals surface area contributed by atoms with E-state index in [0.717, 1.165) is 30.6 Å². The van der Waals surface area contributed by atoms with E-state index < -0.39 is 0 Å². The van der Waals surface area contributed by atoms with Crippen molar-refractivity contribution >= 4 is 5.78 Å². The van der Waals surface area contributed by atoms with Gasteiger partial charge in [0.15, 0.2) is 0 Å². The molecule has 16 heavy (non-hydrogen) atoms. The first-order valence-corrected chi connectivity index (χ1v) is 7.00. The van der Waals surface area contributed by atoms with Crippen molar-refractivity contribution in [3.63, 3.8) is 0 Å². The smallest absolute Gasteiger partial charge is 0.136 e. The maximum Gasteiger partial charge on any atom is 0.136 e. The second kappa shape index (κ2) is 4.16. The molecule has 0 aromatic rings. The van der Waals surface area contributed by atoms with Gasteiger partial charge in [0.2, 0.25) is 0 Å². The zero-order valence-corrected chi connectivity index (χ0v) is 11.3. The summed E-state index contributed by atoms with van der Waals surface area (Å²) >= 11 is 0. The van der Waals surface area contributed by atoms with Crippen LogP contribution in [-0.4, -0.2) is 5.78 Å². The van der Waals surface area contributed by atoms with E-state index in [1.807, 2.05) is 0 Å². The van der Waals surface area contributed by atoms with Crippen LogP contribution in [-0.2, 0) is 4.79 Å². The number of ketones is 1. The third kappa shape index (κ3) is 1.72. The van der Waals surface area contributed by atoms with Gasteiger partial charge in [-0.3, -0.25) is 4.79 Å². The van der Waals surface area contributed by atoms with E-state index >= 15 is 0 Å². The predicted molar refractivity (Wildman–Crippen MR) is 67.2 cm³/mol. The molecule has 2 aliphatic rings. The third-order valence-electron chi connectivity index (χ3n) is 5.53. The molecule has 1 unspecified atom stereocenters. The fraction of sp³-hybridized carbons (Fsp3) is 0.933. The van der Waals surface area contributed by atoms with Gasteiger partial charge in [0, 0.05) is 12.3 Å². The van der Waals surface area contributed by atoms with E-state index in [2.05, 4.69) is 27.7 Å². The van der Waals surface area contributed by atoms with Gasteiger partial charge in [-0.1, -0.05) is 27.7 Å². The van der Waals surface area contributed by atoms with Gasteiger partial charge in [-0.2, -0.15) is 0 Å². The molecule has 0 radical (unpaired) electrons. The molecule has 92 valence electrons. The van der Waals surface area contributed by atoms with Crippen LogP contribution in [0.4, 0.5) is 0 Å². The number of rotatable bonds is 1. The van der Waals surface area contributed by atoms with Crippen molar-refractivity contribution in [2.75, 3.05) is 0 Å². The summed E-state index contributed by atoms with van der Waals surface area (Å²) in [5.74, 6) is 3.15. The van der Waals surface area contributed by atoms with Gasteiger partial charge >= 0.3 is 0 Å². The second-order valence-electron chi connectivity index (χ2n) is 6.64. The highest BCUT2D eigenvalue weighted by atomic mass is 16.1. The molecule has 1 nitrogen and oxygen atoms in total. The fourth-order valence-electron chi connectivity index (χ4n) is 4.34. The van der Waals surface area contributed by atoms with Gasteiger partial charge < -0.3 is 0 Å². The van der Waals surface area contributed by atoms with Crippen LogP contribution in [0.25, 0.3) is 0 Å². The Balaban J connectivity index is 2.24. The van der Waals surface area contributed by atoms with Gasteiger partial charge in [-0.15, -0.1) is 0 Å². The number of hydrogen-bond donors (Lipinski definition) is 0. The molecule has 0 aromatic carbocycles. The molecule has 1 spiro atoms. The minimum absolute atomic E-state index is 0.325. The molecule has 0 aliphatic heterocycles. The van der Waals surface area contributed by atoms with Crippen LogP contribution in [0.15, 0.2) is 0 Å². The molecular formula is C15H26O. The van der Waals surface area contributed by atoms with Crippen molar-refractivity contribution in [3.05, 3.63) is 0 Å². The zero-order chi connectivity index (χ0) is 11.9. The molecule has 2 aliphatic carbocycles. The average molecular weight is 222 g/mol. The summed E-state index contributed by atoms with van der Waals surface area (Å²) in [6.07, 6.45) is 5.99. The van der Waals surface area contributed by atoms with Gasteiger partial charge in [-0.05, 0) is 48.9 Å². The Bertz CT molecular complexity index is 281. The Morgan fingerprint density at radius 1 is 1.19 bits per heavy atom. The SMILES string of the molecule is CC1CC[C@@]2(CC1=O)[C@@H](C)CC[C@H]2C(C)C. The minimum atomic E-state index is 0.325.